The molecule has 1 aromatic heterocycles. The molecule has 1 aliphatic carbocycles. The number of amides is 1. The number of nitrogens with one attached hydrogen (secondary N) is 1. The first-order valence-corrected chi connectivity index (χ1v) is 8.30. The lowest BCUT2D eigenvalue weighted by Crippen LogP contribution is -2.62. The molecule has 2 aromatic rings. The summed E-state index contributed by atoms with van der Waals surface area (Å²) in [4.78, 5) is 12.9. The zero-order valence-corrected chi connectivity index (χ0v) is 13.6. The highest BCUT2D eigenvalue weighted by molar-refractivity contribution is 5.98. The van der Waals surface area contributed by atoms with Gasteiger partial charge in [-0.15, -0.1) is 0 Å². The highest BCUT2D eigenvalue weighted by Gasteiger charge is 2.54. The van der Waals surface area contributed by atoms with Crippen molar-refractivity contribution in [1.29, 1.82) is 0 Å². The van der Waals surface area contributed by atoms with E-state index in [-0.39, 0.29) is 24.0 Å². The molecule has 1 aliphatic heterocycles. The van der Waals surface area contributed by atoms with Gasteiger partial charge in [0, 0.05) is 44.0 Å². The minimum atomic E-state index is -0.0717. The maximum absolute atomic E-state index is 12.9. The molecular formula is C18H21N3O3. The Hall–Kier alpha value is -2.18. The molecule has 0 radical (unpaired) electrons. The number of carbonyl (C=O) groups is 1. The lowest BCUT2D eigenvalue weighted by molar-refractivity contribution is -0.0809. The van der Waals surface area contributed by atoms with Crippen LogP contribution in [0.25, 0.3) is 5.69 Å². The first-order valence-electron chi connectivity index (χ1n) is 8.30. The number of carbonyl (C=O) groups excluding carboxylic acids is 1. The van der Waals surface area contributed by atoms with Crippen LogP contribution in [0.3, 0.4) is 0 Å². The van der Waals surface area contributed by atoms with E-state index in [9.17, 15) is 4.79 Å². The average Bonchev–Trinajstić information content (AvgIpc) is 3.27. The van der Waals surface area contributed by atoms with Gasteiger partial charge in [-0.2, -0.15) is 5.10 Å². The molecule has 0 spiro atoms. The monoisotopic (exact) mass is 327 g/mol. The smallest absolute Gasteiger partial charge is 0.253 e. The zero-order chi connectivity index (χ0) is 16.5. The second kappa shape index (κ2) is 6.37. The molecule has 1 N–H and O–H groups in total. The van der Waals surface area contributed by atoms with Crippen LogP contribution in [0, 0.1) is 11.8 Å². The number of methoxy groups -OCH3 is 1. The van der Waals surface area contributed by atoms with Gasteiger partial charge in [-0.3, -0.25) is 4.79 Å². The summed E-state index contributed by atoms with van der Waals surface area (Å²) in [6.45, 7) is 1.37. The van der Waals surface area contributed by atoms with Gasteiger partial charge >= 0.3 is 0 Å². The van der Waals surface area contributed by atoms with Crippen molar-refractivity contribution in [3.63, 3.8) is 0 Å². The fourth-order valence-corrected chi connectivity index (χ4v) is 3.94. The van der Waals surface area contributed by atoms with Gasteiger partial charge in [0.2, 0.25) is 0 Å². The van der Waals surface area contributed by atoms with E-state index in [4.69, 9.17) is 9.47 Å². The van der Waals surface area contributed by atoms with Gasteiger partial charge < -0.3 is 14.8 Å². The van der Waals surface area contributed by atoms with Crippen molar-refractivity contribution in [2.75, 3.05) is 20.3 Å². The van der Waals surface area contributed by atoms with E-state index in [0.717, 1.165) is 18.7 Å². The Morgan fingerprint density at radius 2 is 2.29 bits per heavy atom. The van der Waals surface area contributed by atoms with Crippen molar-refractivity contribution in [1.82, 2.24) is 15.1 Å². The molecule has 1 amide bonds. The van der Waals surface area contributed by atoms with Crippen LogP contribution >= 0.6 is 0 Å². The van der Waals surface area contributed by atoms with Crippen LogP contribution < -0.4 is 5.32 Å². The normalized spacial score (nSPS) is 28.2. The van der Waals surface area contributed by atoms with Gasteiger partial charge in [-0.1, -0.05) is 12.1 Å². The third kappa shape index (κ3) is 2.52. The van der Waals surface area contributed by atoms with Crippen molar-refractivity contribution in [2.24, 2.45) is 11.8 Å². The minimum absolute atomic E-state index is 0.0717. The van der Waals surface area contributed by atoms with E-state index in [1.54, 1.807) is 18.0 Å². The molecule has 24 heavy (non-hydrogen) atoms. The molecule has 4 atom stereocenters. The fourth-order valence-electron chi connectivity index (χ4n) is 3.94. The van der Waals surface area contributed by atoms with E-state index in [0.29, 0.717) is 18.1 Å². The molecule has 4 rings (SSSR count). The lowest BCUT2D eigenvalue weighted by Gasteiger charge is -2.47. The molecule has 1 saturated heterocycles. The molecule has 1 saturated carbocycles. The van der Waals surface area contributed by atoms with Crippen LogP contribution in [0.2, 0.25) is 0 Å². The number of benzene rings is 1. The summed E-state index contributed by atoms with van der Waals surface area (Å²) in [5.41, 5.74) is 1.40. The Bertz CT molecular complexity index is 716. The number of hydrogen-bond acceptors (Lipinski definition) is 4. The van der Waals surface area contributed by atoms with E-state index in [1.807, 2.05) is 36.5 Å². The first kappa shape index (κ1) is 15.4. The standard InChI is InChI=1S/C18H21N3O3/c1-23-11-14-16(13-7-10-24-17(13)14)20-18(22)12-5-2-3-6-15(12)21-9-4-8-19-21/h2-6,8-9,13-14,16-17H,7,10-11H2,1H3,(H,20,22)/t13-,14-,16-,17-/m0/s1. The Labute approximate surface area is 140 Å². The number of aromatic nitrogens is 2. The largest absolute Gasteiger partial charge is 0.384 e. The zero-order valence-electron chi connectivity index (χ0n) is 13.6. The van der Waals surface area contributed by atoms with Crippen LogP contribution in [0.4, 0.5) is 0 Å². The minimum Gasteiger partial charge on any atom is -0.384 e. The number of para-hydroxylation sites is 1. The van der Waals surface area contributed by atoms with Crippen molar-refractivity contribution >= 4 is 5.91 Å². The van der Waals surface area contributed by atoms with Crippen LogP contribution in [0.5, 0.6) is 0 Å². The van der Waals surface area contributed by atoms with Crippen LogP contribution in [-0.4, -0.2) is 48.2 Å². The van der Waals surface area contributed by atoms with Crippen LogP contribution in [0.15, 0.2) is 42.7 Å². The van der Waals surface area contributed by atoms with Gasteiger partial charge in [0.1, 0.15) is 0 Å². The Morgan fingerprint density at radius 1 is 1.42 bits per heavy atom. The van der Waals surface area contributed by atoms with E-state index >= 15 is 0 Å². The predicted octanol–water partition coefficient (Wildman–Crippen LogP) is 1.65. The summed E-state index contributed by atoms with van der Waals surface area (Å²) in [6.07, 6.45) is 4.76. The Balaban J connectivity index is 1.55. The SMILES string of the molecule is COC[C@H]1[C@@H](NC(=O)c2ccccc2-n2cccn2)[C@@H]2CCO[C@@H]21. The van der Waals surface area contributed by atoms with Gasteiger partial charge in [0.25, 0.3) is 5.91 Å². The molecule has 2 fully saturated rings. The van der Waals surface area contributed by atoms with Gasteiger partial charge in [0.05, 0.1) is 24.0 Å². The molecule has 2 heterocycles. The average molecular weight is 327 g/mol. The first-order chi connectivity index (χ1) is 11.8. The number of ether oxygens (including phenoxy) is 2. The van der Waals surface area contributed by atoms with Crippen molar-refractivity contribution in [2.45, 2.75) is 18.6 Å². The Morgan fingerprint density at radius 3 is 3.08 bits per heavy atom. The number of hydrogen-bond donors (Lipinski definition) is 1. The van der Waals surface area contributed by atoms with Crippen LogP contribution in [-0.2, 0) is 9.47 Å². The van der Waals surface area contributed by atoms with Gasteiger partial charge in [-0.25, -0.2) is 4.68 Å². The van der Waals surface area contributed by atoms with Gasteiger partial charge in [0.15, 0.2) is 0 Å². The topological polar surface area (TPSA) is 65.4 Å². The fraction of sp³-hybridized carbons (Fsp3) is 0.444. The molecular weight excluding hydrogens is 306 g/mol. The Kier molecular flexibility index (Phi) is 4.08. The maximum atomic E-state index is 12.9. The molecule has 1 aromatic carbocycles. The van der Waals surface area contributed by atoms with E-state index in [1.165, 1.54) is 0 Å². The second-order valence-electron chi connectivity index (χ2n) is 6.37. The second-order valence-corrected chi connectivity index (χ2v) is 6.37. The van der Waals surface area contributed by atoms with E-state index < -0.39 is 0 Å². The van der Waals surface area contributed by atoms with Gasteiger partial charge in [-0.05, 0) is 24.6 Å². The summed E-state index contributed by atoms with van der Waals surface area (Å²) in [5.74, 6) is 0.548. The quantitative estimate of drug-likeness (QED) is 0.907. The summed E-state index contributed by atoms with van der Waals surface area (Å²) >= 11 is 0. The van der Waals surface area contributed by atoms with Crippen molar-refractivity contribution in [3.05, 3.63) is 48.3 Å². The number of rotatable bonds is 5. The van der Waals surface area contributed by atoms with Crippen molar-refractivity contribution < 1.29 is 14.3 Å². The molecule has 0 unspecified atom stereocenters. The maximum Gasteiger partial charge on any atom is 0.253 e. The van der Waals surface area contributed by atoms with E-state index in [2.05, 4.69) is 10.4 Å². The molecule has 6 heteroatoms. The molecule has 6 nitrogen and oxygen atoms in total. The number of fused-ring (bicyclic) bond motifs is 1. The molecule has 126 valence electrons. The van der Waals surface area contributed by atoms with Crippen molar-refractivity contribution in [3.8, 4) is 5.69 Å². The lowest BCUT2D eigenvalue weighted by atomic mass is 9.67. The predicted molar refractivity (Wildman–Crippen MR) is 88.0 cm³/mol. The summed E-state index contributed by atoms with van der Waals surface area (Å²) in [7, 11) is 1.69. The highest BCUT2D eigenvalue weighted by atomic mass is 16.5. The third-order valence-corrected chi connectivity index (χ3v) is 5.08. The summed E-state index contributed by atoms with van der Waals surface area (Å²) < 4.78 is 12.8. The summed E-state index contributed by atoms with van der Waals surface area (Å²) in [6, 6.07) is 9.46. The molecule has 0 bridgehead atoms. The third-order valence-electron chi connectivity index (χ3n) is 5.08. The highest BCUT2D eigenvalue weighted by Crippen LogP contribution is 2.43. The summed E-state index contributed by atoms with van der Waals surface area (Å²) in [5, 5.41) is 7.44. The number of nitrogens with zero attached hydrogens (tertiary/aromatic N) is 2. The van der Waals surface area contributed by atoms with Crippen LogP contribution in [0.1, 0.15) is 16.8 Å². The molecule has 2 aliphatic rings.